The zero-order valence-corrected chi connectivity index (χ0v) is 10.9. The van der Waals surface area contributed by atoms with Gasteiger partial charge < -0.3 is 0 Å². The van der Waals surface area contributed by atoms with E-state index < -0.39 is 0 Å². The van der Waals surface area contributed by atoms with Crippen molar-refractivity contribution in [1.82, 2.24) is 0 Å². The number of aryl methyl sites for hydroxylation is 2. The third-order valence-electron chi connectivity index (χ3n) is 2.42. The zero-order valence-electron chi connectivity index (χ0n) is 9.23. The minimum Gasteiger partial charge on any atom is -0.293 e. The molecule has 0 amide bonds. The average molecular weight is 250 g/mol. The Bertz CT molecular complexity index is 454. The molecule has 0 aliphatic heterocycles. The van der Waals surface area contributed by atoms with Gasteiger partial charge in [0, 0.05) is 16.2 Å². The maximum atomic E-state index is 11.8. The lowest BCUT2D eigenvalue weighted by Crippen LogP contribution is -1.96. The van der Waals surface area contributed by atoms with Crippen molar-refractivity contribution in [2.75, 3.05) is 0 Å². The molecule has 0 aromatic carbocycles. The van der Waals surface area contributed by atoms with Gasteiger partial charge in [-0.15, -0.1) is 22.7 Å². The Balaban J connectivity index is 1.80. The summed E-state index contributed by atoms with van der Waals surface area (Å²) in [5.74, 6) is 0.287. The summed E-state index contributed by atoms with van der Waals surface area (Å²) in [6, 6.07) is 8.14. The summed E-state index contributed by atoms with van der Waals surface area (Å²) in [4.78, 5) is 15.3. The first-order chi connectivity index (χ1) is 7.75. The predicted octanol–water partition coefficient (Wildman–Crippen LogP) is 4.32. The van der Waals surface area contributed by atoms with E-state index in [1.54, 1.807) is 22.7 Å². The van der Waals surface area contributed by atoms with Crippen molar-refractivity contribution in [3.63, 3.8) is 0 Å². The number of Topliss-reactive ketones (excluding diaryl/α,β-unsaturated/α-hetero) is 1. The summed E-state index contributed by atoms with van der Waals surface area (Å²) < 4.78 is 0. The lowest BCUT2D eigenvalue weighted by atomic mass is 10.1. The summed E-state index contributed by atoms with van der Waals surface area (Å²) in [5.41, 5.74) is 0. The van der Waals surface area contributed by atoms with Gasteiger partial charge in [0.2, 0.25) is 0 Å². The fourth-order valence-corrected chi connectivity index (χ4v) is 3.17. The molecule has 0 saturated heterocycles. The Morgan fingerprint density at radius 2 is 2.19 bits per heavy atom. The fraction of sp³-hybridized carbons (Fsp3) is 0.308. The van der Waals surface area contributed by atoms with Crippen LogP contribution < -0.4 is 0 Å². The largest absolute Gasteiger partial charge is 0.293 e. The first-order valence-corrected chi connectivity index (χ1v) is 7.07. The van der Waals surface area contributed by atoms with E-state index in [0.717, 1.165) is 17.7 Å². The number of rotatable bonds is 5. The maximum Gasteiger partial charge on any atom is 0.172 e. The molecule has 2 heterocycles. The number of carbonyl (C=O) groups is 1. The van der Waals surface area contributed by atoms with Crippen LogP contribution >= 0.6 is 22.7 Å². The second-order valence-electron chi connectivity index (χ2n) is 3.77. The number of ketones is 1. The number of thiophene rings is 2. The van der Waals surface area contributed by atoms with Gasteiger partial charge in [-0.3, -0.25) is 4.79 Å². The lowest BCUT2D eigenvalue weighted by Gasteiger charge is -1.97. The zero-order chi connectivity index (χ0) is 11.4. The van der Waals surface area contributed by atoms with Gasteiger partial charge in [-0.25, -0.2) is 0 Å². The van der Waals surface area contributed by atoms with Crippen molar-refractivity contribution in [3.05, 3.63) is 44.3 Å². The van der Waals surface area contributed by atoms with E-state index in [1.807, 2.05) is 19.1 Å². The van der Waals surface area contributed by atoms with Gasteiger partial charge in [0.1, 0.15) is 0 Å². The summed E-state index contributed by atoms with van der Waals surface area (Å²) in [5, 5.41) is 2.08. The average Bonchev–Trinajstić information content (AvgIpc) is 2.89. The highest BCUT2D eigenvalue weighted by Crippen LogP contribution is 2.19. The van der Waals surface area contributed by atoms with E-state index in [1.165, 1.54) is 9.75 Å². The molecule has 0 aliphatic carbocycles. The quantitative estimate of drug-likeness (QED) is 0.722. The Morgan fingerprint density at radius 1 is 1.31 bits per heavy atom. The molecule has 3 heteroatoms. The van der Waals surface area contributed by atoms with Crippen molar-refractivity contribution in [2.45, 2.75) is 26.2 Å². The summed E-state index contributed by atoms with van der Waals surface area (Å²) in [6.07, 6.45) is 2.64. The van der Waals surface area contributed by atoms with Crippen LogP contribution in [0.25, 0.3) is 0 Å². The third kappa shape index (κ3) is 3.03. The molecule has 2 rings (SSSR count). The molecule has 2 aromatic rings. The summed E-state index contributed by atoms with van der Waals surface area (Å²) >= 11 is 3.36. The predicted molar refractivity (Wildman–Crippen MR) is 70.6 cm³/mol. The second-order valence-corrected chi connectivity index (χ2v) is 6.09. The highest BCUT2D eigenvalue weighted by Gasteiger charge is 2.07. The Hall–Kier alpha value is -0.930. The van der Waals surface area contributed by atoms with Crippen LogP contribution in [0.4, 0.5) is 0 Å². The number of hydrogen-bond donors (Lipinski definition) is 0. The summed E-state index contributed by atoms with van der Waals surface area (Å²) in [6.45, 7) is 2.03. The van der Waals surface area contributed by atoms with Crippen LogP contribution in [0.2, 0.25) is 0 Å². The highest BCUT2D eigenvalue weighted by atomic mass is 32.1. The van der Waals surface area contributed by atoms with E-state index in [4.69, 9.17) is 0 Å². The molecule has 0 unspecified atom stereocenters. The van der Waals surface area contributed by atoms with E-state index in [-0.39, 0.29) is 5.78 Å². The molecule has 0 fully saturated rings. The number of hydrogen-bond acceptors (Lipinski definition) is 3. The van der Waals surface area contributed by atoms with Crippen LogP contribution in [0, 0.1) is 6.92 Å². The smallest absolute Gasteiger partial charge is 0.172 e. The van der Waals surface area contributed by atoms with Crippen LogP contribution in [-0.4, -0.2) is 5.78 Å². The molecule has 2 aromatic heterocycles. The first kappa shape index (κ1) is 11.6. The van der Waals surface area contributed by atoms with Crippen LogP contribution in [0.3, 0.4) is 0 Å². The van der Waals surface area contributed by atoms with Gasteiger partial charge in [-0.05, 0) is 43.3 Å². The molecular formula is C13H14OS2. The minimum absolute atomic E-state index is 0.287. The third-order valence-corrected chi connectivity index (χ3v) is 4.40. The molecule has 0 N–H and O–H groups in total. The van der Waals surface area contributed by atoms with Gasteiger partial charge in [0.25, 0.3) is 0 Å². The molecule has 0 spiro atoms. The molecule has 0 aliphatic rings. The van der Waals surface area contributed by atoms with Crippen LogP contribution in [0.5, 0.6) is 0 Å². The first-order valence-electron chi connectivity index (χ1n) is 5.38. The van der Waals surface area contributed by atoms with E-state index >= 15 is 0 Å². The molecule has 16 heavy (non-hydrogen) atoms. The SMILES string of the molecule is Cc1ccc(C(=O)CCCc2cccs2)s1. The van der Waals surface area contributed by atoms with Crippen LogP contribution in [0.1, 0.15) is 32.3 Å². The van der Waals surface area contributed by atoms with Crippen molar-refractivity contribution < 1.29 is 4.79 Å². The summed E-state index contributed by atoms with van der Waals surface area (Å²) in [7, 11) is 0. The Kier molecular flexibility index (Phi) is 3.91. The van der Waals surface area contributed by atoms with E-state index in [2.05, 4.69) is 17.5 Å². The van der Waals surface area contributed by atoms with E-state index in [0.29, 0.717) is 6.42 Å². The van der Waals surface area contributed by atoms with Gasteiger partial charge in [-0.2, -0.15) is 0 Å². The topological polar surface area (TPSA) is 17.1 Å². The second kappa shape index (κ2) is 5.41. The van der Waals surface area contributed by atoms with Gasteiger partial charge in [0.15, 0.2) is 5.78 Å². The van der Waals surface area contributed by atoms with Crippen LogP contribution in [-0.2, 0) is 6.42 Å². The number of carbonyl (C=O) groups excluding carboxylic acids is 1. The minimum atomic E-state index is 0.287. The van der Waals surface area contributed by atoms with E-state index in [9.17, 15) is 4.79 Å². The molecule has 0 bridgehead atoms. The van der Waals surface area contributed by atoms with Crippen molar-refractivity contribution in [2.24, 2.45) is 0 Å². The normalized spacial score (nSPS) is 10.6. The molecule has 0 saturated carbocycles. The van der Waals surface area contributed by atoms with Gasteiger partial charge in [0.05, 0.1) is 4.88 Å². The van der Waals surface area contributed by atoms with Crippen molar-refractivity contribution in [1.29, 1.82) is 0 Å². The molecule has 84 valence electrons. The van der Waals surface area contributed by atoms with Gasteiger partial charge >= 0.3 is 0 Å². The van der Waals surface area contributed by atoms with Gasteiger partial charge in [-0.1, -0.05) is 6.07 Å². The van der Waals surface area contributed by atoms with Crippen molar-refractivity contribution >= 4 is 28.5 Å². The molecule has 0 atom stereocenters. The van der Waals surface area contributed by atoms with Crippen LogP contribution in [0.15, 0.2) is 29.6 Å². The molecular weight excluding hydrogens is 236 g/mol. The fourth-order valence-electron chi connectivity index (χ4n) is 1.59. The monoisotopic (exact) mass is 250 g/mol. The molecule has 1 nitrogen and oxygen atoms in total. The lowest BCUT2D eigenvalue weighted by molar-refractivity contribution is 0.0984. The highest BCUT2D eigenvalue weighted by molar-refractivity contribution is 7.14. The molecule has 0 radical (unpaired) electrons. The Labute approximate surface area is 104 Å². The van der Waals surface area contributed by atoms with Crippen molar-refractivity contribution in [3.8, 4) is 0 Å². The Morgan fingerprint density at radius 3 is 2.81 bits per heavy atom. The maximum absolute atomic E-state index is 11.8. The standard InChI is InChI=1S/C13H14OS2/c1-10-7-8-13(16-10)12(14)6-2-4-11-5-3-9-15-11/h3,5,7-9H,2,4,6H2,1H3.